The molecule has 0 radical (unpaired) electrons. The molecule has 0 spiro atoms. The zero-order chi connectivity index (χ0) is 33.5. The van der Waals surface area contributed by atoms with Gasteiger partial charge in [0.05, 0.1) is 0 Å². The Labute approximate surface area is 294 Å². The Morgan fingerprint density at radius 2 is 0.843 bits per heavy atom. The first-order valence-corrected chi connectivity index (χ1v) is 17.6. The van der Waals surface area contributed by atoms with Crippen molar-refractivity contribution in [3.05, 3.63) is 182 Å². The molecule has 0 saturated carbocycles. The summed E-state index contributed by atoms with van der Waals surface area (Å²) < 4.78 is 6.56. The second-order valence-electron chi connectivity index (χ2n) is 13.5. The lowest BCUT2D eigenvalue weighted by atomic mass is 9.83. The van der Waals surface area contributed by atoms with E-state index in [-0.39, 0.29) is 0 Å². The van der Waals surface area contributed by atoms with E-state index in [0.29, 0.717) is 0 Å². The van der Waals surface area contributed by atoms with Crippen molar-refractivity contribution in [1.82, 2.24) is 0 Å². The second kappa shape index (κ2) is 10.9. The molecular formula is C50H30O. The summed E-state index contributed by atoms with van der Waals surface area (Å²) in [7, 11) is 0. The molecule has 0 amide bonds. The van der Waals surface area contributed by atoms with Crippen LogP contribution in [-0.4, -0.2) is 0 Å². The number of rotatable bonds is 3. The molecule has 0 unspecified atom stereocenters. The van der Waals surface area contributed by atoms with E-state index in [2.05, 4.69) is 182 Å². The molecule has 0 fully saturated rings. The standard InChI is InChI=1S/C50H30O/c1-2-12-31(13-3-1)33-24-27-35-34(30-33)25-28-38-37(35)20-10-21-39(38)47-40-16-6-8-18-42(40)48(43-19-9-7-17-41(43)47)44-22-11-23-45-50(44)49-36-15-5-4-14-32(36)26-29-46(49)51-45/h1-30H. The fourth-order valence-corrected chi connectivity index (χ4v) is 8.63. The van der Waals surface area contributed by atoms with Crippen molar-refractivity contribution in [3.63, 3.8) is 0 Å². The molecule has 0 aliphatic heterocycles. The number of furan rings is 1. The van der Waals surface area contributed by atoms with Gasteiger partial charge in [0.1, 0.15) is 11.2 Å². The average Bonchev–Trinajstić information content (AvgIpc) is 3.60. The highest BCUT2D eigenvalue weighted by Crippen LogP contribution is 2.49. The molecule has 0 aliphatic carbocycles. The maximum Gasteiger partial charge on any atom is 0.136 e. The van der Waals surface area contributed by atoms with Crippen LogP contribution in [0.5, 0.6) is 0 Å². The Kier molecular flexibility index (Phi) is 6.02. The van der Waals surface area contributed by atoms with Crippen LogP contribution in [-0.2, 0) is 0 Å². The summed E-state index contributed by atoms with van der Waals surface area (Å²) in [6.45, 7) is 0. The van der Waals surface area contributed by atoms with Gasteiger partial charge in [0.2, 0.25) is 0 Å². The summed E-state index contributed by atoms with van der Waals surface area (Å²) in [6, 6.07) is 66.3. The zero-order valence-electron chi connectivity index (χ0n) is 27.7. The molecule has 0 aliphatic rings. The predicted molar refractivity (Wildman–Crippen MR) is 218 cm³/mol. The summed E-state index contributed by atoms with van der Waals surface area (Å²) in [5.41, 5.74) is 9.25. The summed E-state index contributed by atoms with van der Waals surface area (Å²) in [4.78, 5) is 0. The highest BCUT2D eigenvalue weighted by atomic mass is 16.3. The topological polar surface area (TPSA) is 13.1 Å². The summed E-state index contributed by atoms with van der Waals surface area (Å²) in [6.07, 6.45) is 0. The number of fused-ring (bicyclic) bond motifs is 10. The Hall–Kier alpha value is -6.70. The smallest absolute Gasteiger partial charge is 0.136 e. The minimum absolute atomic E-state index is 0.910. The van der Waals surface area contributed by atoms with Crippen molar-refractivity contribution < 1.29 is 4.42 Å². The van der Waals surface area contributed by atoms with Gasteiger partial charge in [-0.1, -0.05) is 164 Å². The van der Waals surface area contributed by atoms with Gasteiger partial charge in [-0.2, -0.15) is 0 Å². The van der Waals surface area contributed by atoms with Crippen molar-refractivity contribution in [1.29, 1.82) is 0 Å². The molecule has 1 heterocycles. The molecule has 51 heavy (non-hydrogen) atoms. The molecule has 0 N–H and O–H groups in total. The monoisotopic (exact) mass is 646 g/mol. The molecule has 10 aromatic carbocycles. The van der Waals surface area contributed by atoms with E-state index in [4.69, 9.17) is 4.42 Å². The SMILES string of the molecule is c1ccc(-c2ccc3c(ccc4c(-c5c6ccccc6c(-c6cccc7oc8ccc9ccccc9c8c67)c6ccccc56)cccc43)c2)cc1. The van der Waals surface area contributed by atoms with E-state index in [9.17, 15) is 0 Å². The summed E-state index contributed by atoms with van der Waals surface area (Å²) in [5.74, 6) is 0. The largest absolute Gasteiger partial charge is 0.456 e. The maximum atomic E-state index is 6.56. The van der Waals surface area contributed by atoms with Gasteiger partial charge >= 0.3 is 0 Å². The van der Waals surface area contributed by atoms with Gasteiger partial charge in [0, 0.05) is 10.8 Å². The van der Waals surface area contributed by atoms with E-state index in [1.54, 1.807) is 0 Å². The fraction of sp³-hybridized carbons (Fsp3) is 0. The Bertz CT molecular complexity index is 3130. The molecule has 11 rings (SSSR count). The number of benzene rings is 10. The van der Waals surface area contributed by atoms with Crippen LogP contribution in [0.1, 0.15) is 0 Å². The second-order valence-corrected chi connectivity index (χ2v) is 13.5. The fourth-order valence-electron chi connectivity index (χ4n) is 8.63. The molecule has 0 bridgehead atoms. The number of hydrogen-bond acceptors (Lipinski definition) is 1. The van der Waals surface area contributed by atoms with Gasteiger partial charge in [-0.15, -0.1) is 0 Å². The van der Waals surface area contributed by atoms with Crippen molar-refractivity contribution >= 4 is 75.8 Å². The van der Waals surface area contributed by atoms with Crippen LogP contribution in [0.2, 0.25) is 0 Å². The first-order chi connectivity index (χ1) is 25.3. The predicted octanol–water partition coefficient (Wildman–Crippen LogP) is 14.4. The quantitative estimate of drug-likeness (QED) is 0.138. The van der Waals surface area contributed by atoms with Crippen LogP contribution in [0.25, 0.3) is 109 Å². The van der Waals surface area contributed by atoms with E-state index >= 15 is 0 Å². The molecule has 11 aromatic rings. The average molecular weight is 647 g/mol. The molecule has 1 heteroatoms. The van der Waals surface area contributed by atoms with Gasteiger partial charge in [-0.05, 0) is 105 Å². The Morgan fingerprint density at radius 3 is 1.61 bits per heavy atom. The van der Waals surface area contributed by atoms with E-state index < -0.39 is 0 Å². The number of hydrogen-bond donors (Lipinski definition) is 0. The third kappa shape index (κ3) is 4.16. The highest BCUT2D eigenvalue weighted by molar-refractivity contribution is 6.29. The lowest BCUT2D eigenvalue weighted by molar-refractivity contribution is 0.669. The van der Waals surface area contributed by atoms with Crippen LogP contribution in [0.3, 0.4) is 0 Å². The third-order valence-electron chi connectivity index (χ3n) is 10.8. The summed E-state index contributed by atoms with van der Waals surface area (Å²) in [5, 5.41) is 14.8. The summed E-state index contributed by atoms with van der Waals surface area (Å²) >= 11 is 0. The molecule has 0 saturated heterocycles. The Balaban J connectivity index is 1.22. The van der Waals surface area contributed by atoms with Crippen molar-refractivity contribution in [3.8, 4) is 33.4 Å². The zero-order valence-corrected chi connectivity index (χ0v) is 27.7. The van der Waals surface area contributed by atoms with Gasteiger partial charge in [0.15, 0.2) is 0 Å². The van der Waals surface area contributed by atoms with Gasteiger partial charge in [-0.25, -0.2) is 0 Å². The van der Waals surface area contributed by atoms with Crippen LogP contribution in [0.15, 0.2) is 186 Å². The minimum atomic E-state index is 0.910. The highest BCUT2D eigenvalue weighted by Gasteiger charge is 2.22. The van der Waals surface area contributed by atoms with Gasteiger partial charge in [0.25, 0.3) is 0 Å². The first kappa shape index (κ1) is 28.2. The first-order valence-electron chi connectivity index (χ1n) is 17.6. The van der Waals surface area contributed by atoms with E-state index in [0.717, 1.165) is 11.2 Å². The van der Waals surface area contributed by atoms with Crippen LogP contribution in [0, 0.1) is 0 Å². The van der Waals surface area contributed by atoms with Gasteiger partial charge < -0.3 is 4.42 Å². The molecule has 236 valence electrons. The van der Waals surface area contributed by atoms with Crippen molar-refractivity contribution in [2.45, 2.75) is 0 Å². The maximum absolute atomic E-state index is 6.56. The lowest BCUT2D eigenvalue weighted by Gasteiger charge is -2.19. The van der Waals surface area contributed by atoms with Crippen LogP contribution >= 0.6 is 0 Å². The van der Waals surface area contributed by atoms with Crippen molar-refractivity contribution in [2.75, 3.05) is 0 Å². The molecule has 1 aromatic heterocycles. The van der Waals surface area contributed by atoms with Gasteiger partial charge in [-0.3, -0.25) is 0 Å². The molecule has 1 nitrogen and oxygen atoms in total. The molecular weight excluding hydrogens is 617 g/mol. The Morgan fingerprint density at radius 1 is 0.275 bits per heavy atom. The van der Waals surface area contributed by atoms with Crippen LogP contribution in [0.4, 0.5) is 0 Å². The van der Waals surface area contributed by atoms with Crippen LogP contribution < -0.4 is 0 Å². The van der Waals surface area contributed by atoms with E-state index in [1.165, 1.54) is 98.0 Å². The minimum Gasteiger partial charge on any atom is -0.456 e. The third-order valence-corrected chi connectivity index (χ3v) is 10.8. The van der Waals surface area contributed by atoms with Crippen molar-refractivity contribution in [2.24, 2.45) is 0 Å². The van der Waals surface area contributed by atoms with E-state index in [1.807, 2.05) is 0 Å². The normalized spacial score (nSPS) is 11.9. The lowest BCUT2D eigenvalue weighted by Crippen LogP contribution is -1.92. The molecule has 0 atom stereocenters.